The lowest BCUT2D eigenvalue weighted by molar-refractivity contribution is 0.282. The second-order valence-electron chi connectivity index (χ2n) is 3.09. The van der Waals surface area contributed by atoms with Crippen molar-refractivity contribution in [2.75, 3.05) is 0 Å². The minimum Gasteiger partial charge on any atom is -0.511 e. The van der Waals surface area contributed by atoms with Crippen LogP contribution in [0, 0.1) is 0 Å². The van der Waals surface area contributed by atoms with Gasteiger partial charge in [0, 0.05) is 11.1 Å². The predicted octanol–water partition coefficient (Wildman–Crippen LogP) is 1.44. The first-order valence-corrected chi connectivity index (χ1v) is 4.47. The van der Waals surface area contributed by atoms with Crippen LogP contribution in [0.2, 0.25) is 0 Å². The number of rotatable bonds is 5. The molecule has 1 aromatic rings. The molecule has 0 saturated carbocycles. The van der Waals surface area contributed by atoms with Gasteiger partial charge in [0.05, 0.1) is 0 Å². The van der Waals surface area contributed by atoms with E-state index < -0.39 is 27.3 Å². The topological polar surface area (TPSA) is 49.7 Å². The maximum absolute atomic E-state index is 12.6. The molecule has 2 N–H and O–H groups in total. The van der Waals surface area contributed by atoms with Crippen LogP contribution in [0.4, 0.5) is 13.2 Å². The molecular formula is C9H10BF3O3. The molecule has 0 fully saturated rings. The van der Waals surface area contributed by atoms with E-state index in [2.05, 4.69) is 4.65 Å². The van der Waals surface area contributed by atoms with Gasteiger partial charge in [-0.05, 0) is 17.7 Å². The number of alkyl halides is 3. The van der Waals surface area contributed by atoms with Crippen molar-refractivity contribution in [1.29, 1.82) is 0 Å². The quantitative estimate of drug-likeness (QED) is 0.758. The van der Waals surface area contributed by atoms with E-state index in [1.165, 1.54) is 0 Å². The van der Waals surface area contributed by atoms with Gasteiger partial charge in [-0.15, -0.1) is 0 Å². The monoisotopic (exact) mass is 234 g/mol. The van der Waals surface area contributed by atoms with E-state index in [0.717, 1.165) is 12.1 Å². The SMILES string of the molecule is OB(O)Oc1c(CF)cc(CF)cc1CF. The number of benzene rings is 1. The summed E-state index contributed by atoms with van der Waals surface area (Å²) in [5.74, 6) is -0.294. The van der Waals surface area contributed by atoms with Gasteiger partial charge in [-0.3, -0.25) is 0 Å². The Balaban J connectivity index is 3.20. The Hall–Kier alpha value is -1.21. The highest BCUT2D eigenvalue weighted by Gasteiger charge is 2.19. The summed E-state index contributed by atoms with van der Waals surface area (Å²) >= 11 is 0. The summed E-state index contributed by atoms with van der Waals surface area (Å²) in [4.78, 5) is 0. The molecule has 1 rings (SSSR count). The molecule has 1 aromatic carbocycles. The highest BCUT2D eigenvalue weighted by molar-refractivity contribution is 6.33. The van der Waals surface area contributed by atoms with Crippen LogP contribution < -0.4 is 4.65 Å². The Morgan fingerprint density at radius 1 is 1.00 bits per heavy atom. The molecule has 0 radical (unpaired) electrons. The molecule has 0 heterocycles. The maximum Gasteiger partial charge on any atom is 0.707 e. The van der Waals surface area contributed by atoms with Gasteiger partial charge in [0.15, 0.2) is 0 Å². The third-order valence-corrected chi connectivity index (χ3v) is 1.97. The lowest BCUT2D eigenvalue weighted by Gasteiger charge is -2.14. The van der Waals surface area contributed by atoms with Crippen LogP contribution in [-0.4, -0.2) is 17.4 Å². The Morgan fingerprint density at radius 2 is 1.50 bits per heavy atom. The van der Waals surface area contributed by atoms with Crippen molar-refractivity contribution in [2.45, 2.75) is 20.0 Å². The Kier molecular flexibility index (Phi) is 4.63. The van der Waals surface area contributed by atoms with E-state index in [1.807, 2.05) is 0 Å². The third kappa shape index (κ3) is 2.90. The number of halogens is 3. The summed E-state index contributed by atoms with van der Waals surface area (Å²) in [7, 11) is -2.17. The van der Waals surface area contributed by atoms with Crippen molar-refractivity contribution in [2.24, 2.45) is 0 Å². The van der Waals surface area contributed by atoms with Crippen LogP contribution in [0.15, 0.2) is 12.1 Å². The number of hydrogen-bond acceptors (Lipinski definition) is 3. The fraction of sp³-hybridized carbons (Fsp3) is 0.333. The van der Waals surface area contributed by atoms with Gasteiger partial charge in [-0.2, -0.15) is 0 Å². The summed E-state index contributed by atoms with van der Waals surface area (Å²) in [6.45, 7) is -2.88. The summed E-state index contributed by atoms with van der Waals surface area (Å²) in [6, 6.07) is 2.30. The fourth-order valence-electron chi connectivity index (χ4n) is 1.36. The first-order chi connectivity index (χ1) is 7.62. The van der Waals surface area contributed by atoms with E-state index in [4.69, 9.17) is 10.0 Å². The van der Waals surface area contributed by atoms with Crippen LogP contribution >= 0.6 is 0 Å². The van der Waals surface area contributed by atoms with E-state index in [1.54, 1.807) is 0 Å². The predicted molar refractivity (Wildman–Crippen MR) is 51.7 cm³/mol. The third-order valence-electron chi connectivity index (χ3n) is 1.97. The highest BCUT2D eigenvalue weighted by Crippen LogP contribution is 2.28. The molecule has 3 nitrogen and oxygen atoms in total. The van der Waals surface area contributed by atoms with Crippen molar-refractivity contribution < 1.29 is 27.9 Å². The lowest BCUT2D eigenvalue weighted by atomic mass is 10.0. The average molecular weight is 234 g/mol. The molecule has 0 spiro atoms. The molecule has 0 aliphatic rings. The normalized spacial score (nSPS) is 10.3. The standard InChI is InChI=1S/C9H10BF3O3/c11-3-6-1-7(4-12)9(16-10(14)15)8(2-6)5-13/h1-2,14-15H,3-5H2. The van der Waals surface area contributed by atoms with Crippen LogP contribution in [0.3, 0.4) is 0 Å². The van der Waals surface area contributed by atoms with Gasteiger partial charge in [0.1, 0.15) is 25.8 Å². The Bertz CT molecular complexity index is 335. The summed E-state index contributed by atoms with van der Waals surface area (Å²) in [5.41, 5.74) is -0.119. The van der Waals surface area contributed by atoms with Gasteiger partial charge in [-0.1, -0.05) is 0 Å². The second kappa shape index (κ2) is 5.76. The van der Waals surface area contributed by atoms with Crippen molar-refractivity contribution >= 4 is 7.32 Å². The summed E-state index contributed by atoms with van der Waals surface area (Å²) < 4.78 is 42.0. The molecular weight excluding hydrogens is 224 g/mol. The average Bonchev–Trinajstić information content (AvgIpc) is 2.28. The van der Waals surface area contributed by atoms with E-state index >= 15 is 0 Å². The maximum atomic E-state index is 12.6. The highest BCUT2D eigenvalue weighted by atomic mass is 19.1. The molecule has 0 bridgehead atoms. The molecule has 0 aromatic heterocycles. The molecule has 7 heteroatoms. The molecule has 0 aliphatic carbocycles. The van der Waals surface area contributed by atoms with Crippen molar-refractivity contribution in [1.82, 2.24) is 0 Å². The van der Waals surface area contributed by atoms with Crippen molar-refractivity contribution in [3.8, 4) is 5.75 Å². The molecule has 16 heavy (non-hydrogen) atoms. The lowest BCUT2D eigenvalue weighted by Crippen LogP contribution is -2.22. The zero-order valence-corrected chi connectivity index (χ0v) is 8.29. The molecule has 0 atom stereocenters. The Labute approximate surface area is 90.7 Å². The van der Waals surface area contributed by atoms with E-state index in [0.29, 0.717) is 0 Å². The zero-order chi connectivity index (χ0) is 12.1. The van der Waals surface area contributed by atoms with Crippen molar-refractivity contribution in [3.63, 3.8) is 0 Å². The van der Waals surface area contributed by atoms with Gasteiger partial charge >= 0.3 is 7.32 Å². The summed E-state index contributed by atoms with van der Waals surface area (Å²) in [5, 5.41) is 17.2. The summed E-state index contributed by atoms with van der Waals surface area (Å²) in [6.07, 6.45) is 0. The minimum absolute atomic E-state index is 0.111. The van der Waals surface area contributed by atoms with Gasteiger partial charge in [0.25, 0.3) is 0 Å². The molecule has 88 valence electrons. The molecule has 0 amide bonds. The van der Waals surface area contributed by atoms with Crippen LogP contribution in [0.25, 0.3) is 0 Å². The van der Waals surface area contributed by atoms with Crippen molar-refractivity contribution in [3.05, 3.63) is 28.8 Å². The Morgan fingerprint density at radius 3 is 1.81 bits per heavy atom. The molecule has 0 saturated heterocycles. The number of hydrogen-bond donors (Lipinski definition) is 2. The van der Waals surface area contributed by atoms with Crippen LogP contribution in [0.1, 0.15) is 16.7 Å². The zero-order valence-electron chi connectivity index (χ0n) is 8.29. The van der Waals surface area contributed by atoms with Gasteiger partial charge < -0.3 is 14.7 Å². The van der Waals surface area contributed by atoms with E-state index in [-0.39, 0.29) is 22.4 Å². The first kappa shape index (κ1) is 12.9. The fourth-order valence-corrected chi connectivity index (χ4v) is 1.36. The van der Waals surface area contributed by atoms with Gasteiger partial charge in [0.2, 0.25) is 0 Å². The minimum atomic E-state index is -2.17. The second-order valence-corrected chi connectivity index (χ2v) is 3.09. The van der Waals surface area contributed by atoms with Crippen LogP contribution in [-0.2, 0) is 20.0 Å². The smallest absolute Gasteiger partial charge is 0.511 e. The first-order valence-electron chi connectivity index (χ1n) is 4.47. The molecule has 0 aliphatic heterocycles. The molecule has 0 unspecified atom stereocenters. The largest absolute Gasteiger partial charge is 0.707 e. The van der Waals surface area contributed by atoms with Gasteiger partial charge in [-0.25, -0.2) is 13.2 Å². The van der Waals surface area contributed by atoms with E-state index in [9.17, 15) is 13.2 Å². The van der Waals surface area contributed by atoms with Crippen LogP contribution in [0.5, 0.6) is 5.75 Å².